The van der Waals surface area contributed by atoms with Crippen LogP contribution in [0.4, 0.5) is 17.2 Å². The van der Waals surface area contributed by atoms with E-state index in [1.807, 2.05) is 31.2 Å². The Morgan fingerprint density at radius 1 is 1.25 bits per heavy atom. The third kappa shape index (κ3) is 2.67. The number of aryl methyl sites for hydroxylation is 2. The summed E-state index contributed by atoms with van der Waals surface area (Å²) < 4.78 is 0.996. The van der Waals surface area contributed by atoms with Gasteiger partial charge < -0.3 is 10.6 Å². The average Bonchev–Trinajstić information content (AvgIpc) is 2.43. The SMILES string of the molecule is Cc1nc(Nc2ccc3c(c2)CCC(=O)N3)ccc1Br. The molecule has 0 spiro atoms. The van der Waals surface area contributed by atoms with E-state index in [9.17, 15) is 4.79 Å². The number of benzene rings is 1. The zero-order valence-corrected chi connectivity index (χ0v) is 12.6. The van der Waals surface area contributed by atoms with Gasteiger partial charge >= 0.3 is 0 Å². The number of anilines is 3. The van der Waals surface area contributed by atoms with Gasteiger partial charge in [0.2, 0.25) is 5.91 Å². The summed E-state index contributed by atoms with van der Waals surface area (Å²) in [4.78, 5) is 15.8. The molecule has 0 atom stereocenters. The quantitative estimate of drug-likeness (QED) is 0.880. The fourth-order valence-corrected chi connectivity index (χ4v) is 2.44. The van der Waals surface area contributed by atoms with Crippen LogP contribution in [0.25, 0.3) is 0 Å². The lowest BCUT2D eigenvalue weighted by atomic mass is 10.0. The molecule has 2 N–H and O–H groups in total. The van der Waals surface area contributed by atoms with Gasteiger partial charge in [0, 0.05) is 22.3 Å². The Morgan fingerprint density at radius 3 is 2.90 bits per heavy atom. The van der Waals surface area contributed by atoms with Crippen molar-refractivity contribution in [1.29, 1.82) is 0 Å². The molecule has 0 radical (unpaired) electrons. The highest BCUT2D eigenvalue weighted by Crippen LogP contribution is 2.27. The molecule has 102 valence electrons. The predicted molar refractivity (Wildman–Crippen MR) is 83.3 cm³/mol. The maximum Gasteiger partial charge on any atom is 0.224 e. The molecule has 1 aromatic carbocycles. The third-order valence-electron chi connectivity index (χ3n) is 3.29. The van der Waals surface area contributed by atoms with Crippen molar-refractivity contribution in [1.82, 2.24) is 4.98 Å². The Labute approximate surface area is 125 Å². The zero-order valence-electron chi connectivity index (χ0n) is 11.0. The highest BCUT2D eigenvalue weighted by Gasteiger charge is 2.14. The molecule has 0 unspecified atom stereocenters. The lowest BCUT2D eigenvalue weighted by molar-refractivity contribution is -0.116. The number of hydrogen-bond donors (Lipinski definition) is 2. The fraction of sp³-hybridized carbons (Fsp3) is 0.200. The second kappa shape index (κ2) is 5.25. The molecule has 5 heteroatoms. The van der Waals surface area contributed by atoms with Crippen LogP contribution >= 0.6 is 15.9 Å². The molecular weight excluding hydrogens is 318 g/mol. The smallest absolute Gasteiger partial charge is 0.224 e. The van der Waals surface area contributed by atoms with Crippen LogP contribution in [0, 0.1) is 6.92 Å². The second-order valence-electron chi connectivity index (χ2n) is 4.81. The number of hydrogen-bond acceptors (Lipinski definition) is 3. The van der Waals surface area contributed by atoms with E-state index in [2.05, 4.69) is 37.6 Å². The Kier molecular flexibility index (Phi) is 3.44. The molecule has 1 aliphatic heterocycles. The summed E-state index contributed by atoms with van der Waals surface area (Å²) in [7, 11) is 0. The Morgan fingerprint density at radius 2 is 2.10 bits per heavy atom. The van der Waals surface area contributed by atoms with Crippen molar-refractivity contribution in [3.05, 3.63) is 46.1 Å². The Balaban J connectivity index is 1.84. The summed E-state index contributed by atoms with van der Waals surface area (Å²) in [5.74, 6) is 0.897. The molecule has 1 amide bonds. The van der Waals surface area contributed by atoms with Crippen molar-refractivity contribution in [3.8, 4) is 0 Å². The number of nitrogens with one attached hydrogen (secondary N) is 2. The first-order chi connectivity index (χ1) is 9.61. The molecule has 0 aliphatic carbocycles. The van der Waals surface area contributed by atoms with Gasteiger partial charge in [0.25, 0.3) is 0 Å². The first-order valence-corrected chi connectivity index (χ1v) is 7.24. The van der Waals surface area contributed by atoms with Crippen LogP contribution in [-0.4, -0.2) is 10.9 Å². The van der Waals surface area contributed by atoms with E-state index in [4.69, 9.17) is 0 Å². The zero-order chi connectivity index (χ0) is 14.1. The predicted octanol–water partition coefficient (Wildman–Crippen LogP) is 3.78. The maximum atomic E-state index is 11.3. The molecule has 2 heterocycles. The van der Waals surface area contributed by atoms with Crippen LogP contribution in [-0.2, 0) is 11.2 Å². The van der Waals surface area contributed by atoms with Crippen molar-refractivity contribution in [3.63, 3.8) is 0 Å². The molecule has 0 fully saturated rings. The van der Waals surface area contributed by atoms with Crippen LogP contribution in [0.2, 0.25) is 0 Å². The van der Waals surface area contributed by atoms with E-state index in [0.717, 1.165) is 39.3 Å². The molecule has 0 saturated heterocycles. The Hall–Kier alpha value is -1.88. The Bertz CT molecular complexity index is 685. The molecule has 0 bridgehead atoms. The molecule has 4 nitrogen and oxygen atoms in total. The van der Waals surface area contributed by atoms with Crippen molar-refractivity contribution in [2.45, 2.75) is 19.8 Å². The van der Waals surface area contributed by atoms with Gasteiger partial charge in [-0.2, -0.15) is 0 Å². The van der Waals surface area contributed by atoms with Gasteiger partial charge in [0.1, 0.15) is 5.82 Å². The average molecular weight is 332 g/mol. The number of halogens is 1. The number of fused-ring (bicyclic) bond motifs is 1. The third-order valence-corrected chi connectivity index (χ3v) is 4.13. The second-order valence-corrected chi connectivity index (χ2v) is 5.66. The number of carbonyl (C=O) groups excluding carboxylic acids is 1. The molecular formula is C15H14BrN3O. The minimum absolute atomic E-state index is 0.0865. The van der Waals surface area contributed by atoms with Crippen molar-refractivity contribution in [2.24, 2.45) is 0 Å². The normalized spacial score (nSPS) is 13.6. The molecule has 2 aromatic rings. The summed E-state index contributed by atoms with van der Waals surface area (Å²) in [6.07, 6.45) is 1.33. The number of pyridine rings is 1. The van der Waals surface area contributed by atoms with E-state index >= 15 is 0 Å². The lowest BCUT2D eigenvalue weighted by Crippen LogP contribution is -2.18. The molecule has 1 aromatic heterocycles. The van der Waals surface area contributed by atoms with E-state index in [-0.39, 0.29) is 5.91 Å². The van der Waals surface area contributed by atoms with E-state index in [1.54, 1.807) is 0 Å². The van der Waals surface area contributed by atoms with Gasteiger partial charge in [-0.15, -0.1) is 0 Å². The van der Waals surface area contributed by atoms with Crippen LogP contribution in [0.3, 0.4) is 0 Å². The highest BCUT2D eigenvalue weighted by molar-refractivity contribution is 9.10. The molecule has 20 heavy (non-hydrogen) atoms. The number of amides is 1. The minimum atomic E-state index is 0.0865. The summed E-state index contributed by atoms with van der Waals surface area (Å²) in [6.45, 7) is 1.96. The monoisotopic (exact) mass is 331 g/mol. The lowest BCUT2D eigenvalue weighted by Gasteiger charge is -2.18. The van der Waals surface area contributed by atoms with E-state index < -0.39 is 0 Å². The van der Waals surface area contributed by atoms with Crippen LogP contribution in [0.5, 0.6) is 0 Å². The molecule has 3 rings (SSSR count). The number of nitrogens with zero attached hydrogens (tertiary/aromatic N) is 1. The van der Waals surface area contributed by atoms with Gasteiger partial charge in [-0.05, 0) is 65.2 Å². The topological polar surface area (TPSA) is 54.0 Å². The van der Waals surface area contributed by atoms with Gasteiger partial charge in [-0.3, -0.25) is 4.79 Å². The summed E-state index contributed by atoms with van der Waals surface area (Å²) in [5.41, 5.74) is 3.99. The van der Waals surface area contributed by atoms with Gasteiger partial charge in [0.15, 0.2) is 0 Å². The standard InChI is InChI=1S/C15H14BrN3O/c1-9-12(16)4-6-14(17-9)18-11-3-5-13-10(8-11)2-7-15(20)19-13/h3-6,8H,2,7H2,1H3,(H,17,18)(H,19,20). The van der Waals surface area contributed by atoms with Gasteiger partial charge in [0.05, 0.1) is 5.69 Å². The highest BCUT2D eigenvalue weighted by atomic mass is 79.9. The van der Waals surface area contributed by atoms with Crippen LogP contribution in [0.15, 0.2) is 34.8 Å². The van der Waals surface area contributed by atoms with Crippen molar-refractivity contribution >= 4 is 39.0 Å². The first-order valence-electron chi connectivity index (χ1n) is 6.45. The van der Waals surface area contributed by atoms with E-state index in [1.165, 1.54) is 0 Å². The van der Waals surface area contributed by atoms with Gasteiger partial charge in [-0.1, -0.05) is 0 Å². The van der Waals surface area contributed by atoms with Gasteiger partial charge in [-0.25, -0.2) is 4.98 Å². The molecule has 1 aliphatic rings. The maximum absolute atomic E-state index is 11.3. The largest absolute Gasteiger partial charge is 0.340 e. The van der Waals surface area contributed by atoms with E-state index in [0.29, 0.717) is 6.42 Å². The fourth-order valence-electron chi connectivity index (χ4n) is 2.22. The number of rotatable bonds is 2. The molecule has 0 saturated carbocycles. The summed E-state index contributed by atoms with van der Waals surface area (Å²) in [5, 5.41) is 6.17. The van der Waals surface area contributed by atoms with Crippen molar-refractivity contribution in [2.75, 3.05) is 10.6 Å². The number of aromatic nitrogens is 1. The summed E-state index contributed by atoms with van der Waals surface area (Å²) in [6, 6.07) is 9.85. The minimum Gasteiger partial charge on any atom is -0.340 e. The summed E-state index contributed by atoms with van der Waals surface area (Å²) >= 11 is 3.44. The first kappa shape index (κ1) is 13.1. The van der Waals surface area contributed by atoms with Crippen molar-refractivity contribution < 1.29 is 4.79 Å². The van der Waals surface area contributed by atoms with Crippen LogP contribution in [0.1, 0.15) is 17.7 Å². The number of carbonyl (C=O) groups is 1. The van der Waals surface area contributed by atoms with Crippen LogP contribution < -0.4 is 10.6 Å².